The molecule has 0 radical (unpaired) electrons. The zero-order chi connectivity index (χ0) is 14.0. The summed E-state index contributed by atoms with van der Waals surface area (Å²) in [6.07, 6.45) is 0. The maximum atomic E-state index is 10.1. The maximum Gasteiger partial charge on any atom is 0.322 e. The van der Waals surface area contributed by atoms with Crippen LogP contribution in [-0.2, 0) is 4.79 Å². The Hall–Kier alpha value is -2.22. The molecule has 0 bridgehead atoms. The van der Waals surface area contributed by atoms with Gasteiger partial charge in [-0.05, 0) is 12.1 Å². The second-order valence-corrected chi connectivity index (χ2v) is 3.86. The number of benzene rings is 1. The molecule has 0 aliphatic carbocycles. The summed E-state index contributed by atoms with van der Waals surface area (Å²) in [5.41, 5.74) is 9.86. The number of aliphatic carboxylic acids is 1. The van der Waals surface area contributed by atoms with E-state index in [9.17, 15) is 14.4 Å². The minimum absolute atomic E-state index is 0.0377. The van der Waals surface area contributed by atoms with Gasteiger partial charge < -0.3 is 21.9 Å². The Morgan fingerprint density at radius 2 is 1.61 bits per heavy atom. The lowest BCUT2D eigenvalue weighted by molar-refractivity contribution is -0.134. The molecule has 7 nitrogen and oxygen atoms in total. The number of nitrogens with two attached hydrogens (primary N) is 2. The fourth-order valence-electron chi connectivity index (χ4n) is 0.833. The van der Waals surface area contributed by atoms with E-state index < -0.39 is 16.4 Å². The molecule has 1 aromatic rings. The number of carboxylic acids is 1. The van der Waals surface area contributed by atoms with Gasteiger partial charge in [0.05, 0.1) is 0 Å². The molecule has 0 spiro atoms. The molecule has 2 amide bonds. The van der Waals surface area contributed by atoms with Crippen LogP contribution in [0.15, 0.2) is 30.3 Å². The zero-order valence-corrected chi connectivity index (χ0v) is 10.1. The number of carbonyl (C=O) groups excluding carboxylic acids is 2. The highest BCUT2D eigenvalue weighted by Crippen LogP contribution is 2.03. The normalized spacial score (nSPS) is 8.67. The van der Waals surface area contributed by atoms with Crippen LogP contribution < -0.4 is 16.8 Å². The number of thioether (sulfide) groups is 1. The average molecular weight is 271 g/mol. The van der Waals surface area contributed by atoms with Gasteiger partial charge >= 0.3 is 5.97 Å². The van der Waals surface area contributed by atoms with Crippen LogP contribution >= 0.6 is 11.8 Å². The number of amides is 2. The van der Waals surface area contributed by atoms with Gasteiger partial charge in [0.1, 0.15) is 6.54 Å². The number of anilines is 1. The van der Waals surface area contributed by atoms with Gasteiger partial charge in [-0.1, -0.05) is 18.2 Å². The van der Waals surface area contributed by atoms with Crippen molar-refractivity contribution in [3.63, 3.8) is 0 Å². The summed E-state index contributed by atoms with van der Waals surface area (Å²) in [4.78, 5) is 29.5. The molecule has 0 saturated heterocycles. The summed E-state index contributed by atoms with van der Waals surface area (Å²) in [5, 5.41) is 9.52. The minimum atomic E-state index is -0.853. The number of carbonyl (C=O) groups is 3. The molecular formula is C10H13N3O4S. The maximum absolute atomic E-state index is 10.1. The molecule has 1 aromatic carbocycles. The molecule has 0 unspecified atom stereocenters. The summed E-state index contributed by atoms with van der Waals surface area (Å²) < 4.78 is 0. The van der Waals surface area contributed by atoms with Crippen LogP contribution in [0.2, 0.25) is 0 Å². The Balaban J connectivity index is 0.000000360. The van der Waals surface area contributed by atoms with E-state index in [4.69, 9.17) is 5.11 Å². The summed E-state index contributed by atoms with van der Waals surface area (Å²) in [6, 6.07) is 9.23. The Morgan fingerprint density at radius 1 is 1.11 bits per heavy atom. The minimum Gasteiger partial charge on any atom is -0.480 e. The van der Waals surface area contributed by atoms with E-state index in [1.165, 1.54) is 0 Å². The van der Waals surface area contributed by atoms with Crippen molar-refractivity contribution in [2.24, 2.45) is 11.5 Å². The van der Waals surface area contributed by atoms with E-state index in [0.29, 0.717) is 0 Å². The molecule has 6 N–H and O–H groups in total. The number of hydrogen-bond acceptors (Lipinski definition) is 5. The molecule has 0 aliphatic heterocycles. The molecular weight excluding hydrogens is 258 g/mol. The van der Waals surface area contributed by atoms with Crippen LogP contribution in [0.3, 0.4) is 0 Å². The number of carboxylic acid groups (broad SMARTS) is 1. The molecule has 18 heavy (non-hydrogen) atoms. The van der Waals surface area contributed by atoms with E-state index in [2.05, 4.69) is 16.8 Å². The van der Waals surface area contributed by atoms with Crippen LogP contribution in [0.4, 0.5) is 15.3 Å². The topological polar surface area (TPSA) is 136 Å². The van der Waals surface area contributed by atoms with Crippen LogP contribution in [0, 0.1) is 0 Å². The lowest BCUT2D eigenvalue weighted by Crippen LogP contribution is -2.11. The zero-order valence-electron chi connectivity index (χ0n) is 9.33. The Kier molecular flexibility index (Phi) is 7.78. The average Bonchev–Trinajstić information content (AvgIpc) is 2.26. The largest absolute Gasteiger partial charge is 0.480 e. The summed E-state index contributed by atoms with van der Waals surface area (Å²) in [7, 11) is 0. The third-order valence-corrected chi connectivity index (χ3v) is 1.82. The Morgan fingerprint density at radius 3 is 1.94 bits per heavy atom. The number of nitrogens with one attached hydrogen (secondary N) is 1. The van der Waals surface area contributed by atoms with E-state index in [1.54, 1.807) is 0 Å². The van der Waals surface area contributed by atoms with Crippen molar-refractivity contribution < 1.29 is 19.5 Å². The predicted octanol–water partition coefficient (Wildman–Crippen LogP) is 1.06. The molecule has 8 heteroatoms. The van der Waals surface area contributed by atoms with Gasteiger partial charge in [0.15, 0.2) is 0 Å². The van der Waals surface area contributed by atoms with Crippen LogP contribution in [0.25, 0.3) is 0 Å². The quantitative estimate of drug-likeness (QED) is 0.649. The smallest absolute Gasteiger partial charge is 0.322 e. The fourth-order valence-corrected chi connectivity index (χ4v) is 1.03. The second kappa shape index (κ2) is 8.88. The predicted molar refractivity (Wildman–Crippen MR) is 69.3 cm³/mol. The highest BCUT2D eigenvalue weighted by atomic mass is 32.2. The van der Waals surface area contributed by atoms with Crippen LogP contribution in [-0.4, -0.2) is 28.1 Å². The van der Waals surface area contributed by atoms with E-state index in [0.717, 1.165) is 5.69 Å². The van der Waals surface area contributed by atoms with E-state index in [1.807, 2.05) is 30.3 Å². The number of rotatable bonds is 3. The molecule has 98 valence electrons. The molecule has 0 saturated carbocycles. The first kappa shape index (κ1) is 15.8. The van der Waals surface area contributed by atoms with Gasteiger partial charge in [0.2, 0.25) is 0 Å². The highest BCUT2D eigenvalue weighted by molar-refractivity contribution is 8.25. The van der Waals surface area contributed by atoms with Gasteiger partial charge in [0, 0.05) is 17.4 Å². The number of primary amides is 2. The first-order chi connectivity index (χ1) is 8.41. The molecule has 1 rings (SSSR count). The van der Waals surface area contributed by atoms with Crippen molar-refractivity contribution in [2.45, 2.75) is 0 Å². The first-order valence-electron chi connectivity index (χ1n) is 4.69. The fraction of sp³-hybridized carbons (Fsp3) is 0.100. The Labute approximate surface area is 108 Å². The van der Waals surface area contributed by atoms with Crippen LogP contribution in [0.5, 0.6) is 0 Å². The number of para-hydroxylation sites is 1. The van der Waals surface area contributed by atoms with Crippen LogP contribution in [0.1, 0.15) is 0 Å². The molecule has 0 atom stereocenters. The molecule has 0 aromatic heterocycles. The SMILES string of the molecule is NC(=O)SC(N)=O.O=C(O)CNc1ccccc1. The van der Waals surface area contributed by atoms with Gasteiger partial charge in [-0.2, -0.15) is 0 Å². The van der Waals surface area contributed by atoms with Gasteiger partial charge in [-0.15, -0.1) is 0 Å². The van der Waals surface area contributed by atoms with Gasteiger partial charge in [0.25, 0.3) is 10.5 Å². The first-order valence-corrected chi connectivity index (χ1v) is 5.51. The monoisotopic (exact) mass is 271 g/mol. The van der Waals surface area contributed by atoms with Crippen molar-refractivity contribution in [2.75, 3.05) is 11.9 Å². The molecule has 0 aliphatic rings. The number of hydrogen-bond donors (Lipinski definition) is 4. The second-order valence-electron chi connectivity index (χ2n) is 2.85. The van der Waals surface area contributed by atoms with E-state index in [-0.39, 0.29) is 18.3 Å². The summed E-state index contributed by atoms with van der Waals surface area (Å²) in [6.45, 7) is -0.0377. The van der Waals surface area contributed by atoms with Gasteiger partial charge in [-0.25, -0.2) is 0 Å². The highest BCUT2D eigenvalue weighted by Gasteiger charge is 1.97. The van der Waals surface area contributed by atoms with Crippen molar-refractivity contribution in [1.82, 2.24) is 0 Å². The Bertz CT molecular complexity index is 399. The molecule has 0 heterocycles. The standard InChI is InChI=1S/C8H9NO2.C2H4N2O2S/c10-8(11)6-9-7-4-2-1-3-5-7;3-1(5)7-2(4)6/h1-5,9H,6H2,(H,10,11);(H2,3,5)(H2,4,6). The van der Waals surface area contributed by atoms with Gasteiger partial charge in [-0.3, -0.25) is 14.4 Å². The third kappa shape index (κ3) is 10.3. The van der Waals surface area contributed by atoms with E-state index >= 15 is 0 Å². The third-order valence-electron chi connectivity index (χ3n) is 1.42. The summed E-state index contributed by atoms with van der Waals surface area (Å²) in [5.74, 6) is -0.853. The van der Waals surface area contributed by atoms with Crippen molar-refractivity contribution >= 4 is 33.9 Å². The van der Waals surface area contributed by atoms with Crippen molar-refractivity contribution in [1.29, 1.82) is 0 Å². The van der Waals surface area contributed by atoms with Crippen molar-refractivity contribution in [3.05, 3.63) is 30.3 Å². The van der Waals surface area contributed by atoms with Crippen molar-refractivity contribution in [3.8, 4) is 0 Å². The molecule has 0 fully saturated rings. The summed E-state index contributed by atoms with van der Waals surface area (Å²) >= 11 is 0.287. The lowest BCUT2D eigenvalue weighted by Gasteiger charge is -2.00. The lowest BCUT2D eigenvalue weighted by atomic mass is 10.3.